The summed E-state index contributed by atoms with van der Waals surface area (Å²) in [6.45, 7) is 2.68. The Morgan fingerprint density at radius 1 is 1.13 bits per heavy atom. The molecule has 4 heterocycles. The number of benzene rings is 1. The summed E-state index contributed by atoms with van der Waals surface area (Å²) >= 11 is 0. The molecule has 0 aliphatic carbocycles. The highest BCUT2D eigenvalue weighted by Gasteiger charge is 2.43. The summed E-state index contributed by atoms with van der Waals surface area (Å²) in [5, 5.41) is 3.11. The summed E-state index contributed by atoms with van der Waals surface area (Å²) in [7, 11) is 1.49. The number of aromatic nitrogens is 1. The monoisotopic (exact) mass is 521 g/mol. The smallest absolute Gasteiger partial charge is 0.257 e. The zero-order valence-corrected chi connectivity index (χ0v) is 21.8. The first-order chi connectivity index (χ1) is 18.5. The lowest BCUT2D eigenvalue weighted by molar-refractivity contribution is -0.148. The number of fused-ring (bicyclic) bond motifs is 4. The van der Waals surface area contributed by atoms with Gasteiger partial charge in [-0.1, -0.05) is 30.3 Å². The van der Waals surface area contributed by atoms with Crippen molar-refractivity contribution in [3.8, 4) is 5.88 Å². The maximum atomic E-state index is 14.0. The molecule has 3 aliphatic rings. The maximum absolute atomic E-state index is 14.0. The number of rotatable bonds is 6. The van der Waals surface area contributed by atoms with Gasteiger partial charge in [0.1, 0.15) is 18.8 Å². The van der Waals surface area contributed by atoms with Crippen LogP contribution in [0.25, 0.3) is 0 Å². The van der Waals surface area contributed by atoms with Gasteiger partial charge in [0.05, 0.1) is 12.1 Å². The third kappa shape index (κ3) is 5.81. The number of pyridine rings is 1. The normalized spacial score (nSPS) is 24.0. The lowest BCUT2D eigenvalue weighted by Gasteiger charge is -2.43. The number of carbonyl (C=O) groups excluding carboxylic acids is 3. The molecule has 1 aromatic heterocycles. The number of ether oxygens (including phenoxy) is 2. The number of likely N-dealkylation sites (tertiary alicyclic amines) is 1. The lowest BCUT2D eigenvalue weighted by Crippen LogP contribution is -2.61. The fourth-order valence-electron chi connectivity index (χ4n) is 5.68. The predicted molar refractivity (Wildman–Crippen MR) is 140 cm³/mol. The Balaban J connectivity index is 1.38. The van der Waals surface area contributed by atoms with E-state index in [1.165, 1.54) is 12.7 Å². The fourth-order valence-corrected chi connectivity index (χ4v) is 5.68. The zero-order valence-electron chi connectivity index (χ0n) is 21.8. The van der Waals surface area contributed by atoms with E-state index in [1.807, 2.05) is 23.1 Å². The summed E-state index contributed by atoms with van der Waals surface area (Å²) in [5.41, 5.74) is 1.64. The standard InChI is InChI=1S/C28H35N5O5/c1-37-19-25(34)32-13-14-33-22(17-32)18-38-27-23(10-5-11-29-27)26(35)30-21-15-24(28(33)36)31(16-21)12-6-9-20-7-3-2-4-8-20/h2-5,7-8,10-11,21-22,24H,6,9,12-19H2,1H3,(H,30,35)/t21-,22-,24-/m0/s1. The number of amides is 3. The van der Waals surface area contributed by atoms with Crippen LogP contribution in [0, 0.1) is 0 Å². The van der Waals surface area contributed by atoms with E-state index >= 15 is 0 Å². The van der Waals surface area contributed by atoms with Gasteiger partial charge in [-0.3, -0.25) is 19.3 Å². The first kappa shape index (κ1) is 26.1. The van der Waals surface area contributed by atoms with Crippen LogP contribution in [-0.2, 0) is 20.7 Å². The average Bonchev–Trinajstić information content (AvgIpc) is 3.34. The molecule has 0 radical (unpaired) electrons. The number of nitrogens with zero attached hydrogens (tertiary/aromatic N) is 4. The van der Waals surface area contributed by atoms with Crippen molar-refractivity contribution in [2.45, 2.75) is 37.4 Å². The molecule has 5 rings (SSSR count). The first-order valence-corrected chi connectivity index (χ1v) is 13.3. The third-order valence-electron chi connectivity index (χ3n) is 7.59. The Morgan fingerprint density at radius 2 is 1.97 bits per heavy atom. The second kappa shape index (κ2) is 11.9. The highest BCUT2D eigenvalue weighted by molar-refractivity contribution is 5.96. The molecule has 0 saturated carbocycles. The van der Waals surface area contributed by atoms with Crippen molar-refractivity contribution < 1.29 is 23.9 Å². The van der Waals surface area contributed by atoms with Crippen LogP contribution in [0.15, 0.2) is 48.7 Å². The SMILES string of the molecule is COCC(=O)N1CCN2C(=O)[C@@H]3C[C@@H](CN3CCCc3ccccc3)NC(=O)c3cccnc3OC[C@@H]2C1. The highest BCUT2D eigenvalue weighted by Crippen LogP contribution is 2.26. The van der Waals surface area contributed by atoms with E-state index in [9.17, 15) is 14.4 Å². The average molecular weight is 522 g/mol. The molecule has 2 aromatic rings. The van der Waals surface area contributed by atoms with Gasteiger partial charge in [0.25, 0.3) is 5.91 Å². The van der Waals surface area contributed by atoms with E-state index in [-0.39, 0.29) is 54.9 Å². The molecular weight excluding hydrogens is 486 g/mol. The van der Waals surface area contributed by atoms with Crippen LogP contribution in [-0.4, -0.2) is 109 Å². The van der Waals surface area contributed by atoms with E-state index < -0.39 is 0 Å². The summed E-state index contributed by atoms with van der Waals surface area (Å²) in [6, 6.07) is 12.9. The topological polar surface area (TPSA) is 104 Å². The lowest BCUT2D eigenvalue weighted by atomic mass is 10.1. The van der Waals surface area contributed by atoms with Gasteiger partial charge in [-0.05, 0) is 43.5 Å². The second-order valence-corrected chi connectivity index (χ2v) is 10.1. The summed E-state index contributed by atoms with van der Waals surface area (Å²) in [6.07, 6.45) is 3.95. The Morgan fingerprint density at radius 3 is 2.79 bits per heavy atom. The highest BCUT2D eigenvalue weighted by atomic mass is 16.5. The van der Waals surface area contributed by atoms with Gasteiger partial charge in [-0.15, -0.1) is 0 Å². The number of aryl methyl sites for hydroxylation is 1. The molecule has 1 aromatic carbocycles. The van der Waals surface area contributed by atoms with Crippen LogP contribution >= 0.6 is 0 Å². The van der Waals surface area contributed by atoms with Crippen LogP contribution in [0.4, 0.5) is 0 Å². The molecule has 2 saturated heterocycles. The van der Waals surface area contributed by atoms with Gasteiger partial charge < -0.3 is 24.6 Å². The Hall–Kier alpha value is -3.50. The number of nitrogens with one attached hydrogen (secondary N) is 1. The number of piperazine rings is 1. The molecular formula is C28H35N5O5. The summed E-state index contributed by atoms with van der Waals surface area (Å²) < 4.78 is 11.1. The van der Waals surface area contributed by atoms with Crippen molar-refractivity contribution in [3.63, 3.8) is 0 Å². The fraction of sp³-hybridized carbons (Fsp3) is 0.500. The van der Waals surface area contributed by atoms with Gasteiger partial charge in [-0.25, -0.2) is 4.98 Å². The quantitative estimate of drug-likeness (QED) is 0.604. The van der Waals surface area contributed by atoms with E-state index in [0.717, 1.165) is 19.4 Å². The van der Waals surface area contributed by atoms with Crippen molar-refractivity contribution in [2.75, 3.05) is 53.0 Å². The molecule has 0 spiro atoms. The Bertz CT molecular complexity index is 1150. The minimum Gasteiger partial charge on any atom is -0.475 e. The van der Waals surface area contributed by atoms with Crippen molar-refractivity contribution >= 4 is 17.7 Å². The van der Waals surface area contributed by atoms with Gasteiger partial charge in [-0.2, -0.15) is 0 Å². The molecule has 1 N–H and O–H groups in total. The van der Waals surface area contributed by atoms with Crippen molar-refractivity contribution in [2.24, 2.45) is 0 Å². The largest absolute Gasteiger partial charge is 0.475 e. The minimum absolute atomic E-state index is 0.00835. The van der Waals surface area contributed by atoms with Crippen molar-refractivity contribution in [1.29, 1.82) is 0 Å². The van der Waals surface area contributed by atoms with Crippen LogP contribution in [0.5, 0.6) is 5.88 Å². The third-order valence-corrected chi connectivity index (χ3v) is 7.59. The summed E-state index contributed by atoms with van der Waals surface area (Å²) in [4.78, 5) is 49.8. The molecule has 10 nitrogen and oxygen atoms in total. The minimum atomic E-state index is -0.361. The first-order valence-electron chi connectivity index (χ1n) is 13.3. The zero-order chi connectivity index (χ0) is 26.5. The van der Waals surface area contributed by atoms with E-state index in [2.05, 4.69) is 27.3 Å². The van der Waals surface area contributed by atoms with Crippen LogP contribution < -0.4 is 10.1 Å². The number of hydrogen-bond acceptors (Lipinski definition) is 7. The molecule has 3 amide bonds. The molecule has 2 bridgehead atoms. The van der Waals surface area contributed by atoms with Crippen LogP contribution in [0.3, 0.4) is 0 Å². The van der Waals surface area contributed by atoms with Crippen molar-refractivity contribution in [3.05, 3.63) is 59.8 Å². The summed E-state index contributed by atoms with van der Waals surface area (Å²) in [5.74, 6) is -0.121. The van der Waals surface area contributed by atoms with Crippen molar-refractivity contribution in [1.82, 2.24) is 25.0 Å². The van der Waals surface area contributed by atoms with Gasteiger partial charge >= 0.3 is 0 Å². The molecule has 3 aliphatic heterocycles. The Kier molecular flexibility index (Phi) is 8.19. The molecule has 3 atom stereocenters. The molecule has 0 unspecified atom stereocenters. The predicted octanol–water partition coefficient (Wildman–Crippen LogP) is 0.965. The van der Waals surface area contributed by atoms with Gasteiger partial charge in [0.15, 0.2) is 0 Å². The number of hydrogen-bond donors (Lipinski definition) is 1. The second-order valence-electron chi connectivity index (χ2n) is 10.1. The molecule has 2 fully saturated rings. The van der Waals surface area contributed by atoms with Gasteiger partial charge in [0.2, 0.25) is 17.7 Å². The number of methoxy groups -OCH3 is 1. The number of carbonyl (C=O) groups is 3. The molecule has 202 valence electrons. The van der Waals surface area contributed by atoms with E-state index in [4.69, 9.17) is 9.47 Å². The maximum Gasteiger partial charge on any atom is 0.257 e. The Labute approximate surface area is 222 Å². The van der Waals surface area contributed by atoms with Crippen LogP contribution in [0.2, 0.25) is 0 Å². The van der Waals surface area contributed by atoms with Gasteiger partial charge in [0, 0.05) is 45.5 Å². The molecule has 38 heavy (non-hydrogen) atoms. The molecule has 10 heteroatoms. The van der Waals surface area contributed by atoms with E-state index in [0.29, 0.717) is 38.2 Å². The van der Waals surface area contributed by atoms with E-state index in [1.54, 1.807) is 23.2 Å². The van der Waals surface area contributed by atoms with Crippen LogP contribution in [0.1, 0.15) is 28.8 Å².